The molecule has 0 radical (unpaired) electrons. The van der Waals surface area contributed by atoms with E-state index in [1.807, 2.05) is 0 Å². The lowest BCUT2D eigenvalue weighted by Crippen LogP contribution is -2.46. The topological polar surface area (TPSA) is 95.9 Å². The Kier molecular flexibility index (Phi) is 51.9. The summed E-state index contributed by atoms with van der Waals surface area (Å²) in [6.45, 7) is 6.49. The first-order valence-corrected chi connectivity index (χ1v) is 29.1. The molecule has 0 heterocycles. The van der Waals surface area contributed by atoms with Crippen LogP contribution < -0.4 is 5.32 Å². The van der Waals surface area contributed by atoms with E-state index in [1.54, 1.807) is 0 Å². The number of hydrogen-bond acceptors (Lipinski definition) is 5. The fourth-order valence-electron chi connectivity index (χ4n) is 9.13. The maximum absolute atomic E-state index is 13.3. The summed E-state index contributed by atoms with van der Waals surface area (Å²) in [5, 5.41) is 23.9. The van der Waals surface area contributed by atoms with Gasteiger partial charge >= 0.3 is 5.97 Å². The summed E-state index contributed by atoms with van der Waals surface area (Å²) >= 11 is 0. The van der Waals surface area contributed by atoms with Gasteiger partial charge in [0.1, 0.15) is 6.10 Å². The molecular weight excluding hydrogens is 803 g/mol. The summed E-state index contributed by atoms with van der Waals surface area (Å²) < 4.78 is 5.95. The van der Waals surface area contributed by atoms with Gasteiger partial charge in [0.05, 0.1) is 25.2 Å². The van der Waals surface area contributed by atoms with Crippen LogP contribution in [-0.2, 0) is 14.3 Å². The molecule has 0 aromatic heterocycles. The van der Waals surface area contributed by atoms with Crippen LogP contribution in [0.2, 0.25) is 0 Å². The monoisotopic (exact) mass is 916 g/mol. The van der Waals surface area contributed by atoms with Crippen molar-refractivity contribution in [2.45, 2.75) is 334 Å². The van der Waals surface area contributed by atoms with E-state index in [0.29, 0.717) is 19.3 Å². The van der Waals surface area contributed by atoms with Crippen LogP contribution in [-0.4, -0.2) is 46.9 Å². The van der Waals surface area contributed by atoms with Crippen molar-refractivity contribution in [3.05, 3.63) is 24.3 Å². The minimum atomic E-state index is -0.790. The van der Waals surface area contributed by atoms with E-state index >= 15 is 0 Å². The van der Waals surface area contributed by atoms with E-state index in [-0.39, 0.29) is 24.9 Å². The van der Waals surface area contributed by atoms with Crippen molar-refractivity contribution in [1.82, 2.24) is 5.32 Å². The molecule has 0 fully saturated rings. The van der Waals surface area contributed by atoms with Gasteiger partial charge in [0.2, 0.25) is 5.91 Å². The Balaban J connectivity index is 4.49. The first-order chi connectivity index (χ1) is 32.0. The SMILES string of the molecule is CCCCC/C=C/C=C/CCCCCCC(CC(=O)NC(CO)C(O)CCCCCCCCCCCCCCCCC)OC(=O)CCCCCCCCCCCCCCCCCCCC. The van der Waals surface area contributed by atoms with Gasteiger partial charge in [-0.1, -0.05) is 276 Å². The predicted molar refractivity (Wildman–Crippen MR) is 283 cm³/mol. The maximum atomic E-state index is 13.3. The molecule has 1 amide bonds. The smallest absolute Gasteiger partial charge is 0.306 e. The fraction of sp³-hybridized carbons (Fsp3) is 0.898. The van der Waals surface area contributed by atoms with E-state index in [1.165, 1.54) is 199 Å². The molecule has 65 heavy (non-hydrogen) atoms. The molecule has 0 aliphatic heterocycles. The molecule has 0 saturated carbocycles. The van der Waals surface area contributed by atoms with Crippen molar-refractivity contribution in [3.8, 4) is 0 Å². The van der Waals surface area contributed by atoms with Crippen LogP contribution in [0, 0.1) is 0 Å². The molecule has 6 nitrogen and oxygen atoms in total. The van der Waals surface area contributed by atoms with Crippen LogP contribution in [0.1, 0.15) is 316 Å². The maximum Gasteiger partial charge on any atom is 0.306 e. The Morgan fingerprint density at radius 3 is 1.17 bits per heavy atom. The standard InChI is InChI=1S/C59H113NO5/c1-4-7-10-13-16-19-22-25-27-28-29-31-34-37-40-43-46-49-52-59(64)65-55(50-47-44-41-38-35-32-24-21-18-15-12-9-6-3)53-58(63)60-56(54-61)57(62)51-48-45-42-39-36-33-30-26-23-20-17-14-11-8-5-2/h18,21,24,32,55-57,61-62H,4-17,19-20,22-23,25-31,33-54H2,1-3H3,(H,60,63)/b21-18+,32-24+. The normalized spacial score (nSPS) is 13.2. The van der Waals surface area contributed by atoms with E-state index in [9.17, 15) is 19.8 Å². The van der Waals surface area contributed by atoms with Gasteiger partial charge < -0.3 is 20.3 Å². The minimum Gasteiger partial charge on any atom is -0.462 e. The van der Waals surface area contributed by atoms with Gasteiger partial charge in [0.15, 0.2) is 0 Å². The second-order valence-electron chi connectivity index (χ2n) is 20.1. The quantitative estimate of drug-likeness (QED) is 0.0321. The second kappa shape index (κ2) is 53.3. The first-order valence-electron chi connectivity index (χ1n) is 29.1. The molecule has 3 atom stereocenters. The molecule has 0 aromatic rings. The Morgan fingerprint density at radius 1 is 0.446 bits per heavy atom. The number of unbranched alkanes of at least 4 members (excludes halogenated alkanes) is 38. The molecule has 0 spiro atoms. The van der Waals surface area contributed by atoms with E-state index < -0.39 is 18.2 Å². The molecule has 0 rings (SSSR count). The zero-order valence-corrected chi connectivity index (χ0v) is 43.9. The van der Waals surface area contributed by atoms with Crippen LogP contribution in [0.4, 0.5) is 0 Å². The largest absolute Gasteiger partial charge is 0.462 e. The predicted octanol–water partition coefficient (Wildman–Crippen LogP) is 17.9. The van der Waals surface area contributed by atoms with E-state index in [4.69, 9.17) is 4.74 Å². The van der Waals surface area contributed by atoms with Crippen molar-refractivity contribution in [1.29, 1.82) is 0 Å². The highest BCUT2D eigenvalue weighted by molar-refractivity contribution is 5.77. The van der Waals surface area contributed by atoms with Gasteiger partial charge in [-0.2, -0.15) is 0 Å². The lowest BCUT2D eigenvalue weighted by atomic mass is 10.0. The summed E-state index contributed by atoms with van der Waals surface area (Å²) in [6.07, 6.45) is 62.4. The number of hydrogen-bond donors (Lipinski definition) is 3. The third kappa shape index (κ3) is 48.6. The molecule has 0 aliphatic rings. The minimum absolute atomic E-state index is 0.0698. The summed E-state index contributed by atoms with van der Waals surface area (Å²) in [5.74, 6) is -0.475. The van der Waals surface area contributed by atoms with Gasteiger partial charge in [0, 0.05) is 6.42 Å². The third-order valence-electron chi connectivity index (χ3n) is 13.6. The van der Waals surface area contributed by atoms with Crippen molar-refractivity contribution in [3.63, 3.8) is 0 Å². The van der Waals surface area contributed by atoms with Gasteiger partial charge in [-0.15, -0.1) is 0 Å². The highest BCUT2D eigenvalue weighted by Gasteiger charge is 2.24. The van der Waals surface area contributed by atoms with Crippen molar-refractivity contribution < 1.29 is 24.5 Å². The summed E-state index contributed by atoms with van der Waals surface area (Å²) in [4.78, 5) is 26.3. The summed E-state index contributed by atoms with van der Waals surface area (Å²) in [7, 11) is 0. The second-order valence-corrected chi connectivity index (χ2v) is 20.1. The van der Waals surface area contributed by atoms with Crippen LogP contribution in [0.5, 0.6) is 0 Å². The molecule has 0 aliphatic carbocycles. The number of aliphatic hydroxyl groups is 2. The van der Waals surface area contributed by atoms with E-state index in [0.717, 1.165) is 70.6 Å². The third-order valence-corrected chi connectivity index (χ3v) is 13.6. The molecular formula is C59H113NO5. The Hall–Kier alpha value is -1.66. The lowest BCUT2D eigenvalue weighted by molar-refractivity contribution is -0.151. The van der Waals surface area contributed by atoms with Crippen LogP contribution in [0.25, 0.3) is 0 Å². The molecule has 384 valence electrons. The average molecular weight is 917 g/mol. The van der Waals surface area contributed by atoms with Gasteiger partial charge in [-0.25, -0.2) is 0 Å². The van der Waals surface area contributed by atoms with Crippen molar-refractivity contribution in [2.75, 3.05) is 6.61 Å². The zero-order valence-electron chi connectivity index (χ0n) is 43.9. The number of ether oxygens (including phenoxy) is 1. The van der Waals surface area contributed by atoms with Gasteiger partial charge in [-0.05, 0) is 51.4 Å². The van der Waals surface area contributed by atoms with Crippen molar-refractivity contribution in [2.24, 2.45) is 0 Å². The van der Waals surface area contributed by atoms with Gasteiger partial charge in [-0.3, -0.25) is 9.59 Å². The fourth-order valence-corrected chi connectivity index (χ4v) is 9.13. The summed E-state index contributed by atoms with van der Waals surface area (Å²) in [6, 6.07) is -0.704. The highest BCUT2D eigenvalue weighted by atomic mass is 16.5. The van der Waals surface area contributed by atoms with Crippen LogP contribution in [0.15, 0.2) is 24.3 Å². The number of carbonyl (C=O) groups excluding carboxylic acids is 2. The number of nitrogens with one attached hydrogen (secondary N) is 1. The number of amides is 1. The summed E-state index contributed by atoms with van der Waals surface area (Å²) in [5.41, 5.74) is 0. The number of esters is 1. The van der Waals surface area contributed by atoms with Crippen molar-refractivity contribution >= 4 is 11.9 Å². The number of allylic oxidation sites excluding steroid dienone is 4. The molecule has 0 saturated heterocycles. The Labute approximate surface area is 405 Å². The number of carbonyl (C=O) groups is 2. The molecule has 6 heteroatoms. The number of rotatable bonds is 53. The molecule has 3 unspecified atom stereocenters. The Morgan fingerprint density at radius 2 is 0.769 bits per heavy atom. The average Bonchev–Trinajstić information content (AvgIpc) is 3.30. The highest BCUT2D eigenvalue weighted by Crippen LogP contribution is 2.19. The molecule has 0 bridgehead atoms. The Bertz CT molecular complexity index is 1030. The van der Waals surface area contributed by atoms with Crippen LogP contribution >= 0.6 is 0 Å². The van der Waals surface area contributed by atoms with E-state index in [2.05, 4.69) is 50.4 Å². The zero-order chi connectivity index (χ0) is 47.4. The van der Waals surface area contributed by atoms with Gasteiger partial charge in [0.25, 0.3) is 0 Å². The number of aliphatic hydroxyl groups excluding tert-OH is 2. The lowest BCUT2D eigenvalue weighted by Gasteiger charge is -2.24. The molecule has 0 aromatic carbocycles. The molecule has 3 N–H and O–H groups in total. The first kappa shape index (κ1) is 63.3. The van der Waals surface area contributed by atoms with Crippen LogP contribution in [0.3, 0.4) is 0 Å².